The van der Waals surface area contributed by atoms with Gasteiger partial charge in [-0.1, -0.05) is 23.7 Å². The molecule has 10 heteroatoms. The summed E-state index contributed by atoms with van der Waals surface area (Å²) in [6.45, 7) is 3.28. The fourth-order valence-electron chi connectivity index (χ4n) is 2.42. The van der Waals surface area contributed by atoms with Gasteiger partial charge >= 0.3 is 19.5 Å². The zero-order valence-electron chi connectivity index (χ0n) is 16.3. The normalized spacial score (nSPS) is 12.2. The molecule has 0 fully saturated rings. The quantitative estimate of drug-likeness (QED) is 0.297. The zero-order chi connectivity index (χ0) is 21.2. The topological polar surface area (TPSA) is 100 Å². The first-order valence-electron chi connectivity index (χ1n) is 8.59. The maximum atomic E-state index is 13.6. The maximum absolute atomic E-state index is 13.6. The molecular weight excluding hydrogens is 409 g/mol. The molecule has 0 atom stereocenters. The van der Waals surface area contributed by atoms with E-state index in [2.05, 4.69) is 4.99 Å². The van der Waals surface area contributed by atoms with Crippen molar-refractivity contribution >= 4 is 37.3 Å². The molecule has 0 unspecified atom stereocenters. The summed E-state index contributed by atoms with van der Waals surface area (Å²) in [5.41, 5.74) is 0.575. The van der Waals surface area contributed by atoms with Gasteiger partial charge in [0.2, 0.25) is 0 Å². The molecular formula is C18H25ClNO7P. The number of nitrogens with zero attached hydrogens (tertiary/aromatic N) is 1. The van der Waals surface area contributed by atoms with Gasteiger partial charge in [0, 0.05) is 11.2 Å². The minimum absolute atomic E-state index is 0.0219. The minimum atomic E-state index is -4.08. The van der Waals surface area contributed by atoms with Crippen molar-refractivity contribution in [1.82, 2.24) is 0 Å². The van der Waals surface area contributed by atoms with Crippen LogP contribution in [0, 0.1) is 0 Å². The zero-order valence-corrected chi connectivity index (χ0v) is 18.0. The smallest absolute Gasteiger partial charge is 0.359 e. The number of rotatable bonds is 11. The second kappa shape index (κ2) is 11.3. The van der Waals surface area contributed by atoms with Gasteiger partial charge in [0.1, 0.15) is 0 Å². The predicted molar refractivity (Wildman–Crippen MR) is 106 cm³/mol. The van der Waals surface area contributed by atoms with Crippen LogP contribution in [0.1, 0.15) is 32.3 Å². The Hall–Kier alpha value is -1.73. The SMILES string of the molecule is CCOP(=O)(OCC)C(CC(=O)OC)(CC(=O)OC)/N=C/c1cccc(Cl)c1. The van der Waals surface area contributed by atoms with Crippen LogP contribution in [-0.2, 0) is 32.7 Å². The van der Waals surface area contributed by atoms with E-state index in [-0.39, 0.29) is 13.2 Å². The number of hydrogen-bond acceptors (Lipinski definition) is 8. The van der Waals surface area contributed by atoms with Crippen LogP contribution in [0.3, 0.4) is 0 Å². The summed E-state index contributed by atoms with van der Waals surface area (Å²) in [7, 11) is -1.72. The summed E-state index contributed by atoms with van der Waals surface area (Å²) in [5.74, 6) is -1.46. The molecule has 1 rings (SSSR count). The van der Waals surface area contributed by atoms with E-state index in [0.29, 0.717) is 10.6 Å². The molecule has 0 heterocycles. The number of methoxy groups -OCH3 is 2. The molecule has 0 radical (unpaired) electrons. The van der Waals surface area contributed by atoms with Gasteiger partial charge in [-0.25, -0.2) is 0 Å². The molecule has 0 aliphatic carbocycles. The summed E-state index contributed by atoms with van der Waals surface area (Å²) in [6.07, 6.45) is 0.350. The van der Waals surface area contributed by atoms with Crippen LogP contribution < -0.4 is 0 Å². The van der Waals surface area contributed by atoms with Crippen LogP contribution in [-0.4, -0.2) is 50.9 Å². The molecule has 28 heavy (non-hydrogen) atoms. The van der Waals surface area contributed by atoms with Crippen molar-refractivity contribution in [2.75, 3.05) is 27.4 Å². The van der Waals surface area contributed by atoms with Crippen molar-refractivity contribution in [2.24, 2.45) is 4.99 Å². The average Bonchev–Trinajstić information content (AvgIpc) is 2.66. The molecule has 0 N–H and O–H groups in total. The lowest BCUT2D eigenvalue weighted by molar-refractivity contribution is -0.144. The van der Waals surface area contributed by atoms with Crippen molar-refractivity contribution in [3.8, 4) is 0 Å². The maximum Gasteiger partial charge on any atom is 0.359 e. The summed E-state index contributed by atoms with van der Waals surface area (Å²) in [6, 6.07) is 6.72. The van der Waals surface area contributed by atoms with Crippen LogP contribution in [0.4, 0.5) is 0 Å². The van der Waals surface area contributed by atoms with Crippen LogP contribution in [0.25, 0.3) is 0 Å². The number of ether oxygens (including phenoxy) is 2. The monoisotopic (exact) mass is 433 g/mol. The fourth-order valence-corrected chi connectivity index (χ4v) is 4.70. The highest BCUT2D eigenvalue weighted by Crippen LogP contribution is 2.64. The van der Waals surface area contributed by atoms with Crippen molar-refractivity contribution in [2.45, 2.75) is 32.0 Å². The Kier molecular flexibility index (Phi) is 9.82. The number of aliphatic imine (C=N–C) groups is 1. The molecule has 0 aliphatic heterocycles. The summed E-state index contributed by atoms with van der Waals surface area (Å²) in [5, 5.41) is -1.39. The Balaban J connectivity index is 3.58. The number of esters is 2. The molecule has 8 nitrogen and oxygen atoms in total. The highest BCUT2D eigenvalue weighted by Gasteiger charge is 2.54. The number of halogens is 1. The van der Waals surface area contributed by atoms with E-state index in [0.717, 1.165) is 0 Å². The molecule has 0 aromatic heterocycles. The van der Waals surface area contributed by atoms with Gasteiger partial charge in [0.05, 0.1) is 40.3 Å². The van der Waals surface area contributed by atoms with E-state index in [1.807, 2.05) is 0 Å². The summed E-state index contributed by atoms with van der Waals surface area (Å²) < 4.78 is 33.9. The largest absolute Gasteiger partial charge is 0.469 e. The van der Waals surface area contributed by atoms with E-state index in [1.54, 1.807) is 38.1 Å². The van der Waals surface area contributed by atoms with Crippen LogP contribution in [0.5, 0.6) is 0 Å². The third-order valence-electron chi connectivity index (χ3n) is 3.72. The first kappa shape index (κ1) is 24.3. The van der Waals surface area contributed by atoms with Gasteiger partial charge in [0.25, 0.3) is 0 Å². The fraction of sp³-hybridized carbons (Fsp3) is 0.500. The molecule has 0 saturated carbocycles. The van der Waals surface area contributed by atoms with Crippen LogP contribution in [0.2, 0.25) is 5.02 Å². The number of hydrogen-bond donors (Lipinski definition) is 0. The first-order valence-corrected chi connectivity index (χ1v) is 10.5. The second-order valence-corrected chi connectivity index (χ2v) is 8.41. The predicted octanol–water partition coefficient (Wildman–Crippen LogP) is 3.85. The van der Waals surface area contributed by atoms with Crippen LogP contribution in [0.15, 0.2) is 29.3 Å². The molecule has 0 amide bonds. The lowest BCUT2D eigenvalue weighted by atomic mass is 10.1. The van der Waals surface area contributed by atoms with E-state index < -0.39 is 37.7 Å². The van der Waals surface area contributed by atoms with E-state index >= 15 is 0 Å². The van der Waals surface area contributed by atoms with Crippen molar-refractivity contribution in [3.63, 3.8) is 0 Å². The van der Waals surface area contributed by atoms with E-state index in [9.17, 15) is 14.2 Å². The lowest BCUT2D eigenvalue weighted by Crippen LogP contribution is -2.36. The molecule has 0 saturated heterocycles. The van der Waals surface area contributed by atoms with Crippen molar-refractivity contribution < 1.29 is 32.7 Å². The highest BCUT2D eigenvalue weighted by molar-refractivity contribution is 7.55. The number of carbonyl (C=O) groups excluding carboxylic acids is 2. The van der Waals surface area contributed by atoms with Crippen molar-refractivity contribution in [1.29, 1.82) is 0 Å². The Morgan fingerprint density at radius 1 is 1.11 bits per heavy atom. The van der Waals surface area contributed by atoms with Gasteiger partial charge in [-0.2, -0.15) is 0 Å². The number of benzene rings is 1. The summed E-state index contributed by atoms with van der Waals surface area (Å²) in [4.78, 5) is 28.6. The first-order chi connectivity index (χ1) is 13.3. The molecule has 0 aliphatic rings. The van der Waals surface area contributed by atoms with E-state index in [1.165, 1.54) is 20.4 Å². The Labute approximate surface area is 169 Å². The Morgan fingerprint density at radius 3 is 2.07 bits per heavy atom. The van der Waals surface area contributed by atoms with Gasteiger partial charge in [0.15, 0.2) is 5.28 Å². The minimum Gasteiger partial charge on any atom is -0.469 e. The molecule has 1 aromatic carbocycles. The van der Waals surface area contributed by atoms with Gasteiger partial charge in [-0.15, -0.1) is 0 Å². The average molecular weight is 434 g/mol. The third-order valence-corrected chi connectivity index (χ3v) is 6.60. The molecule has 0 bridgehead atoms. The standard InChI is InChI=1S/C18H25ClNO7P/c1-5-26-28(23,27-6-2)18(11-16(21)24-3,12-17(22)25-4)20-13-14-8-7-9-15(19)10-14/h7-10,13H,5-6,11-12H2,1-4H3/b20-13+. The van der Waals surface area contributed by atoms with Crippen LogP contribution >= 0.6 is 19.2 Å². The number of carbonyl (C=O) groups is 2. The Morgan fingerprint density at radius 2 is 1.64 bits per heavy atom. The molecule has 156 valence electrons. The highest BCUT2D eigenvalue weighted by atomic mass is 35.5. The molecule has 0 spiro atoms. The van der Waals surface area contributed by atoms with E-state index in [4.69, 9.17) is 30.1 Å². The summed E-state index contributed by atoms with van der Waals surface area (Å²) >= 11 is 5.98. The lowest BCUT2D eigenvalue weighted by Gasteiger charge is -2.34. The van der Waals surface area contributed by atoms with Gasteiger partial charge in [-0.05, 0) is 31.5 Å². The molecule has 1 aromatic rings. The van der Waals surface area contributed by atoms with Crippen molar-refractivity contribution in [3.05, 3.63) is 34.9 Å². The second-order valence-electron chi connectivity index (χ2n) is 5.63. The third kappa shape index (κ3) is 6.41. The van der Waals surface area contributed by atoms with Gasteiger partial charge in [-0.3, -0.25) is 19.1 Å². The van der Waals surface area contributed by atoms with Gasteiger partial charge < -0.3 is 18.5 Å². The Bertz CT molecular complexity index is 725.